The van der Waals surface area contributed by atoms with Crippen molar-refractivity contribution in [3.8, 4) is 22.6 Å². The van der Waals surface area contributed by atoms with Gasteiger partial charge in [-0.25, -0.2) is 4.98 Å². The fourth-order valence-electron chi connectivity index (χ4n) is 2.97. The molecule has 0 saturated carbocycles. The van der Waals surface area contributed by atoms with Crippen LogP contribution in [0.2, 0.25) is 10.0 Å². The van der Waals surface area contributed by atoms with Crippen LogP contribution in [0.1, 0.15) is 16.3 Å². The number of hydrogen-bond donors (Lipinski definition) is 1. The van der Waals surface area contributed by atoms with Crippen LogP contribution in [-0.2, 0) is 7.05 Å². The van der Waals surface area contributed by atoms with Gasteiger partial charge in [0.25, 0.3) is 5.91 Å². The summed E-state index contributed by atoms with van der Waals surface area (Å²) in [4.78, 5) is 30.0. The second kappa shape index (κ2) is 8.22. The van der Waals surface area contributed by atoms with Crippen LogP contribution in [0.25, 0.3) is 22.6 Å². The van der Waals surface area contributed by atoms with E-state index in [0.29, 0.717) is 33.1 Å². The summed E-state index contributed by atoms with van der Waals surface area (Å²) in [6, 6.07) is 12.4. The Hall–Kier alpha value is -3.29. The number of benzene rings is 1. The molecule has 0 aliphatic heterocycles. The topological polar surface area (TPSA) is 85.6 Å². The van der Waals surface area contributed by atoms with Crippen LogP contribution in [0.4, 0.5) is 5.95 Å². The average Bonchev–Trinajstić information content (AvgIpc) is 3.09. The van der Waals surface area contributed by atoms with E-state index in [2.05, 4.69) is 25.3 Å². The summed E-state index contributed by atoms with van der Waals surface area (Å²) in [6.45, 7) is 1.73. The molecule has 0 fully saturated rings. The zero-order valence-corrected chi connectivity index (χ0v) is 17.6. The van der Waals surface area contributed by atoms with E-state index in [9.17, 15) is 4.79 Å². The Labute approximate surface area is 182 Å². The molecule has 4 aromatic rings. The van der Waals surface area contributed by atoms with Crippen molar-refractivity contribution >= 4 is 35.1 Å². The van der Waals surface area contributed by atoms with Crippen LogP contribution in [0.15, 0.2) is 54.9 Å². The molecule has 4 rings (SSSR count). The lowest BCUT2D eigenvalue weighted by Gasteiger charge is -2.07. The van der Waals surface area contributed by atoms with Gasteiger partial charge in [0, 0.05) is 40.6 Å². The van der Waals surface area contributed by atoms with Gasteiger partial charge in [-0.1, -0.05) is 35.3 Å². The van der Waals surface area contributed by atoms with Gasteiger partial charge in [0.15, 0.2) is 5.82 Å². The number of pyridine rings is 1. The third-order valence-corrected chi connectivity index (χ3v) is 4.89. The summed E-state index contributed by atoms with van der Waals surface area (Å²) in [5.41, 5.74) is 2.60. The molecule has 30 heavy (non-hydrogen) atoms. The van der Waals surface area contributed by atoms with Gasteiger partial charge in [-0.2, -0.15) is 9.97 Å². The van der Waals surface area contributed by atoms with Gasteiger partial charge in [0.2, 0.25) is 5.95 Å². The molecule has 7 nitrogen and oxygen atoms in total. The highest BCUT2D eigenvalue weighted by Gasteiger charge is 2.17. The highest BCUT2D eigenvalue weighted by Crippen LogP contribution is 2.31. The second-order valence-corrected chi connectivity index (χ2v) is 7.39. The van der Waals surface area contributed by atoms with Crippen molar-refractivity contribution in [2.24, 2.45) is 7.05 Å². The Bertz CT molecular complexity index is 1240. The van der Waals surface area contributed by atoms with Crippen molar-refractivity contribution in [3.05, 3.63) is 76.4 Å². The van der Waals surface area contributed by atoms with Crippen LogP contribution >= 0.6 is 23.2 Å². The van der Waals surface area contributed by atoms with Crippen molar-refractivity contribution in [1.29, 1.82) is 0 Å². The lowest BCUT2D eigenvalue weighted by atomic mass is 10.1. The van der Waals surface area contributed by atoms with E-state index in [0.717, 1.165) is 11.1 Å². The minimum Gasteiger partial charge on any atom is -0.346 e. The van der Waals surface area contributed by atoms with E-state index in [4.69, 9.17) is 23.2 Å². The van der Waals surface area contributed by atoms with Crippen molar-refractivity contribution in [2.45, 2.75) is 6.92 Å². The standard InChI is InChI=1S/C21H16Cl2N6O/c1-12-25-19(17-5-3-4-8-24-17)27-21(26-12)28-20(30)18-9-13(11-29(18)2)15-7-6-14(22)10-16(15)23/h3-11H,1-2H3,(H,25,26,27,28,30). The predicted molar refractivity (Wildman–Crippen MR) is 117 cm³/mol. The van der Waals surface area contributed by atoms with E-state index < -0.39 is 0 Å². The number of carbonyl (C=O) groups excluding carboxylic acids is 1. The first kappa shape index (κ1) is 20.0. The summed E-state index contributed by atoms with van der Waals surface area (Å²) in [5, 5.41) is 3.79. The third kappa shape index (κ3) is 4.17. The number of rotatable bonds is 4. The second-order valence-electron chi connectivity index (χ2n) is 6.55. The average molecular weight is 439 g/mol. The van der Waals surface area contributed by atoms with E-state index in [1.807, 2.05) is 18.3 Å². The minimum absolute atomic E-state index is 0.153. The molecule has 9 heteroatoms. The van der Waals surface area contributed by atoms with Gasteiger partial charge >= 0.3 is 0 Å². The Morgan fingerprint density at radius 2 is 1.90 bits per heavy atom. The highest BCUT2D eigenvalue weighted by molar-refractivity contribution is 6.36. The molecule has 0 aliphatic carbocycles. The molecule has 0 aliphatic rings. The Balaban J connectivity index is 1.62. The molecule has 0 atom stereocenters. The Morgan fingerprint density at radius 1 is 1.07 bits per heavy atom. The van der Waals surface area contributed by atoms with Crippen molar-refractivity contribution in [2.75, 3.05) is 5.32 Å². The quantitative estimate of drug-likeness (QED) is 0.494. The molecular formula is C21H16Cl2N6O. The lowest BCUT2D eigenvalue weighted by molar-refractivity contribution is 0.101. The van der Waals surface area contributed by atoms with Crippen LogP contribution in [-0.4, -0.2) is 30.4 Å². The van der Waals surface area contributed by atoms with E-state index >= 15 is 0 Å². The highest BCUT2D eigenvalue weighted by atomic mass is 35.5. The first-order valence-electron chi connectivity index (χ1n) is 8.98. The number of aryl methyl sites for hydroxylation is 2. The van der Waals surface area contributed by atoms with Crippen LogP contribution in [0.3, 0.4) is 0 Å². The molecular weight excluding hydrogens is 423 g/mol. The number of aromatic nitrogens is 5. The Kier molecular flexibility index (Phi) is 5.48. The van der Waals surface area contributed by atoms with Crippen molar-refractivity contribution in [1.82, 2.24) is 24.5 Å². The number of hydrogen-bond acceptors (Lipinski definition) is 5. The molecule has 0 radical (unpaired) electrons. The summed E-state index contributed by atoms with van der Waals surface area (Å²) < 4.78 is 1.71. The normalized spacial score (nSPS) is 10.8. The smallest absolute Gasteiger partial charge is 0.274 e. The number of amides is 1. The predicted octanol–water partition coefficient (Wildman–Crippen LogP) is 4.81. The largest absolute Gasteiger partial charge is 0.346 e. The lowest BCUT2D eigenvalue weighted by Crippen LogP contribution is -2.18. The fourth-order valence-corrected chi connectivity index (χ4v) is 3.49. The number of nitrogens with one attached hydrogen (secondary N) is 1. The van der Waals surface area contributed by atoms with Crippen molar-refractivity contribution in [3.63, 3.8) is 0 Å². The van der Waals surface area contributed by atoms with Gasteiger partial charge in [0.1, 0.15) is 17.2 Å². The van der Waals surface area contributed by atoms with Gasteiger partial charge < -0.3 is 4.57 Å². The molecule has 0 spiro atoms. The summed E-state index contributed by atoms with van der Waals surface area (Å²) >= 11 is 12.3. The van der Waals surface area contributed by atoms with Crippen LogP contribution in [0.5, 0.6) is 0 Å². The maximum atomic E-state index is 12.9. The van der Waals surface area contributed by atoms with Crippen LogP contribution in [0, 0.1) is 6.92 Å². The zero-order chi connectivity index (χ0) is 21.3. The van der Waals surface area contributed by atoms with E-state index in [1.165, 1.54) is 0 Å². The molecule has 1 aromatic carbocycles. The van der Waals surface area contributed by atoms with E-state index in [1.54, 1.807) is 55.1 Å². The molecule has 0 unspecified atom stereocenters. The molecule has 3 aromatic heterocycles. The molecule has 1 amide bonds. The summed E-state index contributed by atoms with van der Waals surface area (Å²) in [6.07, 6.45) is 3.47. The van der Waals surface area contributed by atoms with Gasteiger partial charge in [-0.05, 0) is 37.3 Å². The van der Waals surface area contributed by atoms with Crippen molar-refractivity contribution < 1.29 is 4.79 Å². The molecule has 0 bridgehead atoms. The summed E-state index contributed by atoms with van der Waals surface area (Å²) in [5.74, 6) is 0.659. The molecule has 0 saturated heterocycles. The van der Waals surface area contributed by atoms with Crippen LogP contribution < -0.4 is 5.32 Å². The number of anilines is 1. The number of carbonyl (C=O) groups is 1. The fraction of sp³-hybridized carbons (Fsp3) is 0.0952. The van der Waals surface area contributed by atoms with Gasteiger partial charge in [-0.3, -0.25) is 15.1 Å². The molecule has 150 valence electrons. The molecule has 3 heterocycles. The first-order chi connectivity index (χ1) is 14.4. The summed E-state index contributed by atoms with van der Waals surface area (Å²) in [7, 11) is 1.78. The maximum Gasteiger partial charge on any atom is 0.274 e. The monoisotopic (exact) mass is 438 g/mol. The first-order valence-corrected chi connectivity index (χ1v) is 9.73. The maximum absolute atomic E-state index is 12.9. The molecule has 1 N–H and O–H groups in total. The van der Waals surface area contributed by atoms with Gasteiger partial charge in [-0.15, -0.1) is 0 Å². The Morgan fingerprint density at radius 3 is 2.63 bits per heavy atom. The SMILES string of the molecule is Cc1nc(NC(=O)c2cc(-c3ccc(Cl)cc3Cl)cn2C)nc(-c2ccccn2)n1. The van der Waals surface area contributed by atoms with E-state index in [-0.39, 0.29) is 11.9 Å². The number of halogens is 2. The van der Waals surface area contributed by atoms with Gasteiger partial charge in [0.05, 0.1) is 0 Å². The zero-order valence-electron chi connectivity index (χ0n) is 16.1. The number of nitrogens with zero attached hydrogens (tertiary/aromatic N) is 5. The minimum atomic E-state index is -0.355. The third-order valence-electron chi connectivity index (χ3n) is 4.35.